The smallest absolute Gasteiger partial charge is 0.315 e. The molecule has 206 valence electrons. The van der Waals surface area contributed by atoms with Gasteiger partial charge in [-0.3, -0.25) is 14.9 Å². The second kappa shape index (κ2) is 12.8. The zero-order valence-electron chi connectivity index (χ0n) is 22.5. The molecule has 1 aromatic heterocycles. The maximum Gasteiger partial charge on any atom is 0.315 e. The summed E-state index contributed by atoms with van der Waals surface area (Å²) in [6.07, 6.45) is 0.789. The molecule has 0 saturated carbocycles. The molecule has 0 fully saturated rings. The quantitative estimate of drug-likeness (QED) is 0.127. The largest absolute Gasteiger partial charge is 0.497 e. The normalized spacial score (nSPS) is 16.4. The Morgan fingerprint density at radius 2 is 1.95 bits per heavy atom. The van der Waals surface area contributed by atoms with Crippen LogP contribution in [0.5, 0.6) is 11.5 Å². The van der Waals surface area contributed by atoms with Crippen molar-refractivity contribution in [2.45, 2.75) is 32.7 Å². The van der Waals surface area contributed by atoms with Gasteiger partial charge in [-0.2, -0.15) is 4.37 Å². The summed E-state index contributed by atoms with van der Waals surface area (Å²) in [6, 6.07) is 13.9. The number of fused-ring (bicyclic) bond motifs is 1. The number of hydrogen-bond acceptors (Lipinski definition) is 10. The van der Waals surface area contributed by atoms with Crippen molar-refractivity contribution in [1.29, 1.82) is 0 Å². The van der Waals surface area contributed by atoms with Gasteiger partial charge in [0.15, 0.2) is 0 Å². The molecule has 1 aliphatic rings. The van der Waals surface area contributed by atoms with Crippen LogP contribution in [-0.4, -0.2) is 59.8 Å². The predicted molar refractivity (Wildman–Crippen MR) is 149 cm³/mol. The first-order chi connectivity index (χ1) is 18.8. The summed E-state index contributed by atoms with van der Waals surface area (Å²) in [6.45, 7) is 5.60. The minimum absolute atomic E-state index is 0.0327. The molecule has 2 aromatic carbocycles. The predicted octanol–water partition coefficient (Wildman–Crippen LogP) is 5.38. The minimum Gasteiger partial charge on any atom is -0.497 e. The van der Waals surface area contributed by atoms with Gasteiger partial charge in [-0.25, -0.2) is 4.99 Å². The molecule has 0 radical (unpaired) electrons. The lowest BCUT2D eigenvalue weighted by molar-refractivity contribution is -0.384. The van der Waals surface area contributed by atoms with Crippen LogP contribution in [0.1, 0.15) is 43.0 Å². The number of nitrogens with zero attached hydrogens (tertiary/aromatic N) is 4. The van der Waals surface area contributed by atoms with Crippen molar-refractivity contribution in [3.8, 4) is 11.5 Å². The lowest BCUT2D eigenvalue weighted by Gasteiger charge is -2.30. The van der Waals surface area contributed by atoms with Crippen molar-refractivity contribution < 1.29 is 23.9 Å². The third-order valence-electron chi connectivity index (χ3n) is 6.55. The average Bonchev–Trinajstić information content (AvgIpc) is 3.32. The number of ether oxygens (including phenoxy) is 3. The Balaban J connectivity index is 1.54. The van der Waals surface area contributed by atoms with Crippen LogP contribution < -0.4 is 9.47 Å². The maximum absolute atomic E-state index is 13.1. The second-order valence-corrected chi connectivity index (χ2v) is 10.0. The summed E-state index contributed by atoms with van der Waals surface area (Å²) < 4.78 is 21.2. The van der Waals surface area contributed by atoms with Gasteiger partial charge in [-0.05, 0) is 56.5 Å². The highest BCUT2D eigenvalue weighted by molar-refractivity contribution is 7.10. The number of esters is 1. The summed E-state index contributed by atoms with van der Waals surface area (Å²) in [7, 11) is 3.62. The fraction of sp³-hybridized carbons (Fsp3) is 0.393. The Morgan fingerprint density at radius 3 is 2.69 bits per heavy atom. The van der Waals surface area contributed by atoms with Crippen molar-refractivity contribution in [3.05, 3.63) is 75.5 Å². The summed E-state index contributed by atoms with van der Waals surface area (Å²) in [5.41, 5.74) is 2.86. The number of methoxy groups -OCH3 is 1. The summed E-state index contributed by atoms with van der Waals surface area (Å²) in [5.74, 6) is -0.0916. The van der Waals surface area contributed by atoms with E-state index in [0.29, 0.717) is 29.4 Å². The maximum atomic E-state index is 13.1. The molecule has 1 aliphatic heterocycles. The number of carbonyl (C=O) groups excluding carboxylic acids is 1. The Morgan fingerprint density at radius 1 is 1.18 bits per heavy atom. The molecule has 39 heavy (non-hydrogen) atoms. The molecule has 0 saturated heterocycles. The van der Waals surface area contributed by atoms with Crippen molar-refractivity contribution in [2.75, 3.05) is 33.9 Å². The van der Waals surface area contributed by atoms with Crippen LogP contribution in [0, 0.1) is 16.0 Å². The molecular weight excluding hydrogens is 520 g/mol. The molecule has 4 rings (SSSR count). The zero-order valence-corrected chi connectivity index (χ0v) is 23.3. The Kier molecular flexibility index (Phi) is 9.26. The van der Waals surface area contributed by atoms with E-state index < -0.39 is 22.7 Å². The van der Waals surface area contributed by atoms with Gasteiger partial charge < -0.3 is 19.1 Å². The van der Waals surface area contributed by atoms with Crippen LogP contribution in [0.15, 0.2) is 53.5 Å². The van der Waals surface area contributed by atoms with Gasteiger partial charge in [-0.15, -0.1) is 0 Å². The van der Waals surface area contributed by atoms with E-state index in [2.05, 4.69) is 4.90 Å². The standard InChI is InChI=1S/C28H32N4O6S/c1-5-37-28(33)24-18(2)29-27-26(25(24)19-9-6-10-20(15-19)32(34)35)23(30-39-27)17-31(3)13-8-14-38-22-12-7-11-21(16-22)36-4/h6-7,9-12,15-16,24-25H,5,8,13-14,17H2,1-4H3. The van der Waals surface area contributed by atoms with Gasteiger partial charge in [0.05, 0.1) is 30.9 Å². The molecule has 10 nitrogen and oxygen atoms in total. The van der Waals surface area contributed by atoms with Crippen molar-refractivity contribution in [1.82, 2.24) is 9.27 Å². The number of rotatable bonds is 12. The molecule has 0 spiro atoms. The first-order valence-electron chi connectivity index (χ1n) is 12.7. The fourth-order valence-electron chi connectivity index (χ4n) is 4.74. The van der Waals surface area contributed by atoms with E-state index in [9.17, 15) is 14.9 Å². The van der Waals surface area contributed by atoms with Crippen LogP contribution in [-0.2, 0) is 16.1 Å². The monoisotopic (exact) mass is 552 g/mol. The van der Waals surface area contributed by atoms with Crippen LogP contribution in [0.2, 0.25) is 0 Å². The fourth-order valence-corrected chi connectivity index (χ4v) is 5.63. The molecule has 2 unspecified atom stereocenters. The SMILES string of the molecule is CCOC(=O)C1C(C)=Nc2snc(CN(C)CCCOc3cccc(OC)c3)c2C1c1cccc([N+](=O)[O-])c1. The van der Waals surface area contributed by atoms with E-state index in [-0.39, 0.29) is 12.3 Å². The average molecular weight is 553 g/mol. The third kappa shape index (κ3) is 6.61. The van der Waals surface area contributed by atoms with E-state index in [0.717, 1.165) is 35.7 Å². The summed E-state index contributed by atoms with van der Waals surface area (Å²) in [5, 5.41) is 12.2. The zero-order chi connectivity index (χ0) is 27.9. The van der Waals surface area contributed by atoms with Crippen molar-refractivity contribution in [3.63, 3.8) is 0 Å². The number of hydrogen-bond donors (Lipinski definition) is 0. The number of aliphatic imine (C=N–C) groups is 1. The van der Waals surface area contributed by atoms with E-state index in [1.54, 1.807) is 27.0 Å². The van der Waals surface area contributed by atoms with Gasteiger partial charge in [0.2, 0.25) is 0 Å². The van der Waals surface area contributed by atoms with E-state index in [4.69, 9.17) is 23.6 Å². The number of aromatic nitrogens is 1. The number of nitro groups is 1. The van der Waals surface area contributed by atoms with Crippen LogP contribution in [0.3, 0.4) is 0 Å². The molecule has 0 aliphatic carbocycles. The molecular formula is C28H32N4O6S. The molecule has 0 bridgehead atoms. The number of non-ortho nitro benzene ring substituents is 1. The summed E-state index contributed by atoms with van der Waals surface area (Å²) >= 11 is 1.28. The van der Waals surface area contributed by atoms with Gasteiger partial charge in [0.25, 0.3) is 5.69 Å². The van der Waals surface area contributed by atoms with E-state index in [1.165, 1.54) is 23.7 Å². The van der Waals surface area contributed by atoms with Gasteiger partial charge >= 0.3 is 5.97 Å². The number of carbonyl (C=O) groups is 1. The van der Waals surface area contributed by atoms with Gasteiger partial charge in [0.1, 0.15) is 22.4 Å². The Bertz CT molecular complexity index is 1360. The lowest BCUT2D eigenvalue weighted by Crippen LogP contribution is -2.34. The highest BCUT2D eigenvalue weighted by Gasteiger charge is 2.41. The molecule has 2 atom stereocenters. The van der Waals surface area contributed by atoms with Gasteiger partial charge in [-0.1, -0.05) is 18.2 Å². The first kappa shape index (κ1) is 28.2. The van der Waals surface area contributed by atoms with Crippen LogP contribution in [0.4, 0.5) is 10.7 Å². The molecule has 0 amide bonds. The molecule has 2 heterocycles. The molecule has 11 heteroatoms. The number of nitro benzene ring substituents is 1. The topological polar surface area (TPSA) is 116 Å². The third-order valence-corrected chi connectivity index (χ3v) is 7.35. The van der Waals surface area contributed by atoms with Crippen LogP contribution in [0.25, 0.3) is 0 Å². The van der Waals surface area contributed by atoms with Crippen LogP contribution >= 0.6 is 11.5 Å². The lowest BCUT2D eigenvalue weighted by atomic mass is 9.76. The summed E-state index contributed by atoms with van der Waals surface area (Å²) in [4.78, 5) is 31.1. The first-order valence-corrected chi connectivity index (χ1v) is 13.5. The number of benzene rings is 2. The Hall–Kier alpha value is -3.83. The van der Waals surface area contributed by atoms with Crippen molar-refractivity contribution >= 4 is 33.9 Å². The van der Waals surface area contributed by atoms with Gasteiger partial charge in [0, 0.05) is 48.5 Å². The highest BCUT2D eigenvalue weighted by atomic mass is 32.1. The molecule has 0 N–H and O–H groups in total. The minimum atomic E-state index is -0.698. The molecule has 3 aromatic rings. The van der Waals surface area contributed by atoms with E-state index >= 15 is 0 Å². The van der Waals surface area contributed by atoms with Crippen molar-refractivity contribution in [2.24, 2.45) is 10.9 Å². The van der Waals surface area contributed by atoms with E-state index in [1.807, 2.05) is 37.4 Å². The second-order valence-electron chi connectivity index (χ2n) is 9.28. The highest BCUT2D eigenvalue weighted by Crippen LogP contribution is 2.47. The Labute approximate surface area is 231 Å².